The van der Waals surface area contributed by atoms with Crippen molar-refractivity contribution in [2.75, 3.05) is 7.05 Å². The van der Waals surface area contributed by atoms with Crippen molar-refractivity contribution in [3.63, 3.8) is 0 Å². The molecule has 80 valence electrons. The largest absolute Gasteiger partial charge is 0.391 e. The molecular formula is C8H15ClF3N. The van der Waals surface area contributed by atoms with E-state index in [-0.39, 0.29) is 24.9 Å². The highest BCUT2D eigenvalue weighted by molar-refractivity contribution is 5.85. The minimum Gasteiger partial charge on any atom is -0.317 e. The lowest BCUT2D eigenvalue weighted by molar-refractivity contribution is -0.183. The third kappa shape index (κ3) is 3.73. The zero-order valence-corrected chi connectivity index (χ0v) is 8.34. The standard InChI is InChI=1S/C8H14F3N.ClH/c1-12-7-4-2-3-6(5-7)8(9,10)11;/h6-7,12H,2-5H2,1H3;1H/t6-,7+;/m1./s1. The molecule has 0 heterocycles. The van der Waals surface area contributed by atoms with Gasteiger partial charge < -0.3 is 5.32 Å². The van der Waals surface area contributed by atoms with Crippen molar-refractivity contribution in [2.24, 2.45) is 5.92 Å². The summed E-state index contributed by atoms with van der Waals surface area (Å²) in [6.07, 6.45) is -1.87. The van der Waals surface area contributed by atoms with E-state index in [1.165, 1.54) is 0 Å². The molecule has 13 heavy (non-hydrogen) atoms. The van der Waals surface area contributed by atoms with Crippen LogP contribution in [-0.4, -0.2) is 19.3 Å². The van der Waals surface area contributed by atoms with Crippen LogP contribution in [0.2, 0.25) is 0 Å². The molecule has 0 aromatic heterocycles. The Morgan fingerprint density at radius 3 is 2.31 bits per heavy atom. The molecule has 0 saturated heterocycles. The number of halogens is 4. The SMILES string of the molecule is CN[C@H]1CCC[C@@H](C(F)(F)F)C1.Cl. The van der Waals surface area contributed by atoms with Crippen LogP contribution in [0, 0.1) is 5.92 Å². The molecule has 1 N–H and O–H groups in total. The lowest BCUT2D eigenvalue weighted by Crippen LogP contribution is -2.36. The zero-order valence-electron chi connectivity index (χ0n) is 7.53. The first kappa shape index (κ1) is 13.0. The highest BCUT2D eigenvalue weighted by Gasteiger charge is 2.41. The van der Waals surface area contributed by atoms with E-state index in [0.717, 1.165) is 6.42 Å². The zero-order chi connectivity index (χ0) is 9.19. The van der Waals surface area contributed by atoms with Gasteiger partial charge in [0, 0.05) is 6.04 Å². The number of alkyl halides is 3. The fourth-order valence-electron chi connectivity index (χ4n) is 1.75. The molecule has 0 bridgehead atoms. The average molecular weight is 218 g/mol. The topological polar surface area (TPSA) is 12.0 Å². The van der Waals surface area contributed by atoms with Crippen molar-refractivity contribution >= 4 is 12.4 Å². The van der Waals surface area contributed by atoms with Gasteiger partial charge >= 0.3 is 6.18 Å². The van der Waals surface area contributed by atoms with Gasteiger partial charge in [-0.1, -0.05) is 6.42 Å². The van der Waals surface area contributed by atoms with E-state index >= 15 is 0 Å². The van der Waals surface area contributed by atoms with E-state index in [1.807, 2.05) is 0 Å². The number of rotatable bonds is 1. The van der Waals surface area contributed by atoms with Gasteiger partial charge in [-0.05, 0) is 26.3 Å². The summed E-state index contributed by atoms with van der Waals surface area (Å²) < 4.78 is 36.7. The van der Waals surface area contributed by atoms with Crippen LogP contribution in [0.5, 0.6) is 0 Å². The van der Waals surface area contributed by atoms with Crippen LogP contribution in [0.3, 0.4) is 0 Å². The Hall–Kier alpha value is 0.0400. The molecule has 0 aromatic carbocycles. The predicted molar refractivity (Wildman–Crippen MR) is 48.1 cm³/mol. The fraction of sp³-hybridized carbons (Fsp3) is 1.00. The van der Waals surface area contributed by atoms with Gasteiger partial charge in [0.25, 0.3) is 0 Å². The van der Waals surface area contributed by atoms with Crippen molar-refractivity contribution in [3.8, 4) is 0 Å². The molecule has 0 unspecified atom stereocenters. The second-order valence-corrected chi connectivity index (χ2v) is 3.39. The van der Waals surface area contributed by atoms with Crippen LogP contribution in [0.1, 0.15) is 25.7 Å². The minimum atomic E-state index is -3.99. The summed E-state index contributed by atoms with van der Waals surface area (Å²) in [7, 11) is 1.73. The van der Waals surface area contributed by atoms with Crippen LogP contribution in [-0.2, 0) is 0 Å². The van der Waals surface area contributed by atoms with Crippen molar-refractivity contribution in [3.05, 3.63) is 0 Å². The molecule has 1 saturated carbocycles. The Balaban J connectivity index is 0.00000144. The van der Waals surface area contributed by atoms with Gasteiger partial charge in [0.2, 0.25) is 0 Å². The van der Waals surface area contributed by atoms with Crippen LogP contribution >= 0.6 is 12.4 Å². The monoisotopic (exact) mass is 217 g/mol. The molecule has 0 aromatic rings. The van der Waals surface area contributed by atoms with E-state index in [0.29, 0.717) is 12.8 Å². The Morgan fingerprint density at radius 1 is 1.23 bits per heavy atom. The number of nitrogens with one attached hydrogen (secondary N) is 1. The summed E-state index contributed by atoms with van der Waals surface area (Å²) in [4.78, 5) is 0. The number of hydrogen-bond donors (Lipinski definition) is 1. The van der Waals surface area contributed by atoms with Crippen molar-refractivity contribution < 1.29 is 13.2 Å². The smallest absolute Gasteiger partial charge is 0.317 e. The van der Waals surface area contributed by atoms with E-state index in [4.69, 9.17) is 0 Å². The molecule has 1 fully saturated rings. The van der Waals surface area contributed by atoms with E-state index in [2.05, 4.69) is 5.32 Å². The second-order valence-electron chi connectivity index (χ2n) is 3.39. The first-order valence-corrected chi connectivity index (χ1v) is 4.28. The molecule has 1 aliphatic carbocycles. The van der Waals surface area contributed by atoms with Gasteiger partial charge in [-0.3, -0.25) is 0 Å². The molecule has 0 amide bonds. The highest BCUT2D eigenvalue weighted by atomic mass is 35.5. The summed E-state index contributed by atoms with van der Waals surface area (Å²) in [5.74, 6) is -1.08. The van der Waals surface area contributed by atoms with E-state index < -0.39 is 12.1 Å². The third-order valence-corrected chi connectivity index (χ3v) is 2.55. The Kier molecular flexibility index (Phi) is 5.07. The molecule has 1 nitrogen and oxygen atoms in total. The predicted octanol–water partition coefficient (Wildman–Crippen LogP) is 2.75. The summed E-state index contributed by atoms with van der Waals surface area (Å²) >= 11 is 0. The summed E-state index contributed by atoms with van der Waals surface area (Å²) in [6.45, 7) is 0. The number of hydrogen-bond acceptors (Lipinski definition) is 1. The van der Waals surface area contributed by atoms with Gasteiger partial charge in [0.1, 0.15) is 0 Å². The molecular weight excluding hydrogens is 203 g/mol. The van der Waals surface area contributed by atoms with Gasteiger partial charge in [-0.2, -0.15) is 13.2 Å². The van der Waals surface area contributed by atoms with Gasteiger partial charge in [0.05, 0.1) is 5.92 Å². The third-order valence-electron chi connectivity index (χ3n) is 2.55. The lowest BCUT2D eigenvalue weighted by Gasteiger charge is -2.30. The maximum absolute atomic E-state index is 12.2. The molecule has 1 aliphatic rings. The molecule has 5 heteroatoms. The second kappa shape index (κ2) is 5.05. The maximum Gasteiger partial charge on any atom is 0.391 e. The molecule has 0 aliphatic heterocycles. The fourth-order valence-corrected chi connectivity index (χ4v) is 1.75. The molecule has 1 rings (SSSR count). The van der Waals surface area contributed by atoms with Gasteiger partial charge in [-0.25, -0.2) is 0 Å². The van der Waals surface area contributed by atoms with Crippen LogP contribution in [0.15, 0.2) is 0 Å². The first-order chi connectivity index (χ1) is 5.54. The van der Waals surface area contributed by atoms with Gasteiger partial charge in [0.15, 0.2) is 0 Å². The van der Waals surface area contributed by atoms with Crippen LogP contribution in [0.4, 0.5) is 13.2 Å². The molecule has 2 atom stereocenters. The lowest BCUT2D eigenvalue weighted by atomic mass is 9.85. The average Bonchev–Trinajstić information content (AvgIpc) is 2.03. The van der Waals surface area contributed by atoms with Crippen molar-refractivity contribution in [1.82, 2.24) is 5.32 Å². The summed E-state index contributed by atoms with van der Waals surface area (Å²) in [6, 6.07) is 0.0605. The first-order valence-electron chi connectivity index (χ1n) is 4.28. The quantitative estimate of drug-likeness (QED) is 0.712. The van der Waals surface area contributed by atoms with Crippen molar-refractivity contribution in [2.45, 2.75) is 37.9 Å². The Morgan fingerprint density at radius 2 is 1.85 bits per heavy atom. The van der Waals surface area contributed by atoms with Crippen molar-refractivity contribution in [1.29, 1.82) is 0 Å². The van der Waals surface area contributed by atoms with Crippen LogP contribution < -0.4 is 5.32 Å². The summed E-state index contributed by atoms with van der Waals surface area (Å²) in [5, 5.41) is 2.91. The molecule has 0 radical (unpaired) electrons. The highest BCUT2D eigenvalue weighted by Crippen LogP contribution is 2.37. The normalized spacial score (nSPS) is 29.5. The minimum absolute atomic E-state index is 0. The maximum atomic E-state index is 12.2. The Labute approximate surface area is 82.5 Å². The molecule has 0 spiro atoms. The van der Waals surface area contributed by atoms with E-state index in [1.54, 1.807) is 7.05 Å². The van der Waals surface area contributed by atoms with E-state index in [9.17, 15) is 13.2 Å². The summed E-state index contributed by atoms with van der Waals surface area (Å²) in [5.41, 5.74) is 0. The van der Waals surface area contributed by atoms with Gasteiger partial charge in [-0.15, -0.1) is 12.4 Å². The Bertz CT molecular complexity index is 149. The van der Waals surface area contributed by atoms with Crippen LogP contribution in [0.25, 0.3) is 0 Å².